The average Bonchev–Trinajstić information content (AvgIpc) is 1.98. The van der Waals surface area contributed by atoms with Gasteiger partial charge in [0.05, 0.1) is 19.1 Å². The molecule has 0 radical (unpaired) electrons. The molecule has 0 aromatic heterocycles. The summed E-state index contributed by atoms with van der Waals surface area (Å²) in [7, 11) is 0. The van der Waals surface area contributed by atoms with Gasteiger partial charge in [0.1, 0.15) is 0 Å². The van der Waals surface area contributed by atoms with Crippen LogP contribution in [-0.2, 0) is 9.53 Å². The van der Waals surface area contributed by atoms with Crippen LogP contribution in [0.3, 0.4) is 0 Å². The number of esters is 1. The van der Waals surface area contributed by atoms with E-state index in [1.54, 1.807) is 0 Å². The molecular weight excluding hydrogens is 333 g/mol. The maximum atomic E-state index is 11.2. The summed E-state index contributed by atoms with van der Waals surface area (Å²) in [6, 6.07) is 0. The topological polar surface area (TPSA) is 76.7 Å². The number of nitrogens with zero attached hydrogens (tertiary/aromatic N) is 1. The maximum absolute atomic E-state index is 11.2. The zero-order chi connectivity index (χ0) is 12.8. The Hall–Kier alpha value is -0.530. The largest absolute Gasteiger partial charge is 0.463 e. The van der Waals surface area contributed by atoms with E-state index in [-0.39, 0.29) is 48.0 Å². The second-order valence-corrected chi connectivity index (χ2v) is 4.93. The summed E-state index contributed by atoms with van der Waals surface area (Å²) in [5, 5.41) is 3.01. The molecule has 0 unspecified atom stereocenters. The molecule has 0 heterocycles. The fourth-order valence-corrected chi connectivity index (χ4v) is 1.01. The smallest absolute Gasteiger partial charge is 0.307 e. The van der Waals surface area contributed by atoms with Gasteiger partial charge in [-0.15, -0.1) is 24.0 Å². The number of nitrogens with two attached hydrogens (primary N) is 1. The van der Waals surface area contributed by atoms with Crippen molar-refractivity contribution in [1.82, 2.24) is 5.32 Å². The van der Waals surface area contributed by atoms with Crippen molar-refractivity contribution in [1.29, 1.82) is 0 Å². The van der Waals surface area contributed by atoms with Gasteiger partial charge in [0, 0.05) is 5.54 Å². The predicted molar refractivity (Wildman–Crippen MR) is 80.6 cm³/mol. The van der Waals surface area contributed by atoms with E-state index in [0.717, 1.165) is 0 Å². The zero-order valence-electron chi connectivity index (χ0n) is 11.2. The molecule has 0 fully saturated rings. The molecule has 0 saturated heterocycles. The molecule has 0 amide bonds. The molecule has 0 rings (SSSR count). The van der Waals surface area contributed by atoms with Gasteiger partial charge in [0.15, 0.2) is 5.96 Å². The van der Waals surface area contributed by atoms with Crippen molar-refractivity contribution < 1.29 is 9.53 Å². The lowest BCUT2D eigenvalue weighted by Crippen LogP contribution is -2.45. The first-order valence-corrected chi connectivity index (χ1v) is 5.48. The number of carbonyl (C=O) groups is 1. The number of carbonyl (C=O) groups excluding carboxylic acids is 1. The molecule has 0 saturated carbocycles. The average molecular weight is 357 g/mol. The van der Waals surface area contributed by atoms with E-state index in [2.05, 4.69) is 10.3 Å². The number of aliphatic imine (C=N–C) groups is 1. The summed E-state index contributed by atoms with van der Waals surface area (Å²) in [5.41, 5.74) is 5.52. The highest BCUT2D eigenvalue weighted by Gasteiger charge is 2.10. The second-order valence-electron chi connectivity index (χ2n) is 4.93. The molecule has 102 valence electrons. The fraction of sp³-hybridized carbons (Fsp3) is 0.818. The number of ether oxygens (including phenoxy) is 1. The summed E-state index contributed by atoms with van der Waals surface area (Å²) in [5.74, 6) is 0.104. The van der Waals surface area contributed by atoms with E-state index in [1.807, 2.05) is 34.6 Å². The SMILES string of the molecule is CC(C)OC(=O)CCN=C(N)NC(C)(C)C.I. The van der Waals surface area contributed by atoms with Gasteiger partial charge in [-0.1, -0.05) is 0 Å². The van der Waals surface area contributed by atoms with Crippen molar-refractivity contribution in [2.75, 3.05) is 6.54 Å². The van der Waals surface area contributed by atoms with Gasteiger partial charge in [-0.05, 0) is 34.6 Å². The molecule has 0 aliphatic rings. The number of halogens is 1. The molecule has 17 heavy (non-hydrogen) atoms. The van der Waals surface area contributed by atoms with Crippen molar-refractivity contribution in [3.8, 4) is 0 Å². The standard InChI is InChI=1S/C11H23N3O2.HI/c1-8(2)16-9(15)6-7-13-10(12)14-11(3,4)5;/h8H,6-7H2,1-5H3,(H3,12,13,14);1H. The van der Waals surface area contributed by atoms with Crippen molar-refractivity contribution >= 4 is 35.9 Å². The Balaban J connectivity index is 0. The van der Waals surface area contributed by atoms with Gasteiger partial charge >= 0.3 is 5.97 Å². The van der Waals surface area contributed by atoms with E-state index in [1.165, 1.54) is 0 Å². The number of hydrogen-bond acceptors (Lipinski definition) is 3. The third kappa shape index (κ3) is 13.4. The van der Waals surface area contributed by atoms with Gasteiger partial charge < -0.3 is 15.8 Å². The van der Waals surface area contributed by atoms with Crippen LogP contribution >= 0.6 is 24.0 Å². The first-order valence-electron chi connectivity index (χ1n) is 5.48. The van der Waals surface area contributed by atoms with E-state index in [0.29, 0.717) is 12.5 Å². The highest BCUT2D eigenvalue weighted by molar-refractivity contribution is 14.0. The molecule has 3 N–H and O–H groups in total. The Labute approximate surface area is 121 Å². The van der Waals surface area contributed by atoms with Crippen LogP contribution in [0.5, 0.6) is 0 Å². The van der Waals surface area contributed by atoms with Gasteiger partial charge in [0.25, 0.3) is 0 Å². The normalized spacial score (nSPS) is 12.0. The Morgan fingerprint density at radius 3 is 2.35 bits per heavy atom. The molecule has 0 bridgehead atoms. The van der Waals surface area contributed by atoms with Gasteiger partial charge in [-0.2, -0.15) is 0 Å². The molecule has 5 nitrogen and oxygen atoms in total. The highest BCUT2D eigenvalue weighted by Crippen LogP contribution is 1.97. The van der Waals surface area contributed by atoms with E-state index < -0.39 is 0 Å². The second kappa shape index (κ2) is 8.54. The number of hydrogen-bond donors (Lipinski definition) is 2. The Bertz CT molecular complexity index is 260. The summed E-state index contributed by atoms with van der Waals surface area (Å²) in [4.78, 5) is 15.2. The highest BCUT2D eigenvalue weighted by atomic mass is 127. The fourth-order valence-electron chi connectivity index (χ4n) is 1.01. The molecule has 6 heteroatoms. The number of rotatable bonds is 4. The summed E-state index contributed by atoms with van der Waals surface area (Å²) >= 11 is 0. The lowest BCUT2D eigenvalue weighted by molar-refractivity contribution is -0.147. The summed E-state index contributed by atoms with van der Waals surface area (Å²) in [6.45, 7) is 9.95. The van der Waals surface area contributed by atoms with E-state index in [9.17, 15) is 4.79 Å². The van der Waals surface area contributed by atoms with Crippen LogP contribution in [0, 0.1) is 0 Å². The van der Waals surface area contributed by atoms with Crippen molar-refractivity contribution in [3.63, 3.8) is 0 Å². The molecule has 0 spiro atoms. The molecule has 0 aliphatic heterocycles. The Morgan fingerprint density at radius 1 is 1.41 bits per heavy atom. The minimum atomic E-state index is -0.248. The first kappa shape index (κ1) is 18.8. The van der Waals surface area contributed by atoms with E-state index >= 15 is 0 Å². The summed E-state index contributed by atoms with van der Waals surface area (Å²) < 4.78 is 4.96. The lowest BCUT2D eigenvalue weighted by Gasteiger charge is -2.20. The first-order chi connectivity index (χ1) is 7.20. The minimum absolute atomic E-state index is 0. The van der Waals surface area contributed by atoms with Crippen LogP contribution in [0.1, 0.15) is 41.0 Å². The van der Waals surface area contributed by atoms with Gasteiger partial charge in [-0.3, -0.25) is 9.79 Å². The molecule has 0 aromatic carbocycles. The lowest BCUT2D eigenvalue weighted by atomic mass is 10.1. The third-order valence-corrected chi connectivity index (χ3v) is 1.47. The van der Waals surface area contributed by atoms with Crippen LogP contribution in [0.25, 0.3) is 0 Å². The Morgan fingerprint density at radius 2 is 1.94 bits per heavy atom. The van der Waals surface area contributed by atoms with Crippen LogP contribution in [-0.4, -0.2) is 30.1 Å². The van der Waals surface area contributed by atoms with Crippen LogP contribution in [0.4, 0.5) is 0 Å². The number of guanidine groups is 1. The van der Waals surface area contributed by atoms with Crippen LogP contribution in [0.15, 0.2) is 4.99 Å². The molecular formula is C11H24IN3O2. The quantitative estimate of drug-likeness (QED) is 0.347. The molecule has 0 aromatic rings. The van der Waals surface area contributed by atoms with Crippen molar-refractivity contribution in [3.05, 3.63) is 0 Å². The van der Waals surface area contributed by atoms with Gasteiger partial charge in [-0.25, -0.2) is 0 Å². The van der Waals surface area contributed by atoms with Crippen LogP contribution < -0.4 is 11.1 Å². The molecule has 0 atom stereocenters. The minimum Gasteiger partial charge on any atom is -0.463 e. The summed E-state index contributed by atoms with van der Waals surface area (Å²) in [6.07, 6.45) is 0.173. The van der Waals surface area contributed by atoms with Crippen LogP contribution in [0.2, 0.25) is 0 Å². The predicted octanol–water partition coefficient (Wildman–Crippen LogP) is 1.65. The zero-order valence-corrected chi connectivity index (χ0v) is 13.6. The monoisotopic (exact) mass is 357 g/mol. The van der Waals surface area contributed by atoms with Gasteiger partial charge in [0.2, 0.25) is 0 Å². The third-order valence-electron chi connectivity index (χ3n) is 1.47. The number of nitrogens with one attached hydrogen (secondary N) is 1. The maximum Gasteiger partial charge on any atom is 0.307 e. The Kier molecular flexibility index (Phi) is 9.46. The van der Waals surface area contributed by atoms with Crippen molar-refractivity contribution in [2.45, 2.75) is 52.7 Å². The van der Waals surface area contributed by atoms with Crippen molar-refractivity contribution in [2.24, 2.45) is 10.7 Å². The molecule has 0 aliphatic carbocycles. The van der Waals surface area contributed by atoms with E-state index in [4.69, 9.17) is 10.5 Å².